The van der Waals surface area contributed by atoms with E-state index >= 15 is 0 Å². The normalized spacial score (nSPS) is 11.6. The molecular weight excluding hydrogens is 336 g/mol. The molecule has 0 radical (unpaired) electrons. The van der Waals surface area contributed by atoms with Crippen molar-refractivity contribution in [3.8, 4) is 0 Å². The number of aromatic nitrogens is 1. The quantitative estimate of drug-likeness (QED) is 0.775. The molecule has 5 nitrogen and oxygen atoms in total. The Balaban J connectivity index is 1.87. The van der Waals surface area contributed by atoms with Crippen LogP contribution >= 0.6 is 0 Å². The molecule has 1 amide bonds. The molecule has 0 atom stereocenters. The zero-order valence-corrected chi connectivity index (χ0v) is 14.7. The minimum absolute atomic E-state index is 0.214. The van der Waals surface area contributed by atoms with Crippen molar-refractivity contribution in [2.75, 3.05) is 5.32 Å². The number of para-hydroxylation sites is 1. The lowest BCUT2D eigenvalue weighted by Gasteiger charge is -2.10. The van der Waals surface area contributed by atoms with E-state index in [-0.39, 0.29) is 10.8 Å². The summed E-state index contributed by atoms with van der Waals surface area (Å²) >= 11 is 0. The lowest BCUT2D eigenvalue weighted by atomic mass is 10.1. The van der Waals surface area contributed by atoms with Crippen LogP contribution in [0.4, 0.5) is 5.69 Å². The van der Waals surface area contributed by atoms with E-state index < -0.39 is 15.1 Å². The summed E-state index contributed by atoms with van der Waals surface area (Å²) in [5, 5.41) is 3.26. The first-order chi connectivity index (χ1) is 11.9. The van der Waals surface area contributed by atoms with Gasteiger partial charge >= 0.3 is 0 Å². The summed E-state index contributed by atoms with van der Waals surface area (Å²) in [6, 6.07) is 15.3. The van der Waals surface area contributed by atoms with E-state index in [0.717, 1.165) is 5.39 Å². The molecule has 0 aliphatic rings. The van der Waals surface area contributed by atoms with Gasteiger partial charge in [0.05, 0.1) is 21.3 Å². The number of nitrogens with zero attached hydrogens (tertiary/aromatic N) is 1. The number of carbonyl (C=O) groups excluding carboxylic acids is 1. The predicted octanol–water partition coefficient (Wildman–Crippen LogP) is 3.67. The van der Waals surface area contributed by atoms with Gasteiger partial charge in [0, 0.05) is 17.1 Å². The third-order valence-electron chi connectivity index (χ3n) is 3.95. The van der Waals surface area contributed by atoms with Crippen molar-refractivity contribution in [1.29, 1.82) is 0 Å². The van der Waals surface area contributed by atoms with Crippen LogP contribution < -0.4 is 5.32 Å². The van der Waals surface area contributed by atoms with Gasteiger partial charge < -0.3 is 5.32 Å². The molecule has 3 rings (SSSR count). The van der Waals surface area contributed by atoms with Gasteiger partial charge in [-0.1, -0.05) is 18.2 Å². The standard InChI is InChI=1S/C19H18N2O3S/c1-13(2)25(23,24)16-10-8-15(9-11-16)19(22)21-17-7-3-5-14-6-4-12-20-18(14)17/h3-13H,1-2H3,(H,21,22). The predicted molar refractivity (Wildman–Crippen MR) is 98.5 cm³/mol. The minimum atomic E-state index is -3.35. The van der Waals surface area contributed by atoms with E-state index in [4.69, 9.17) is 0 Å². The van der Waals surface area contributed by atoms with Gasteiger partial charge in [0.25, 0.3) is 5.91 Å². The molecule has 3 aromatic rings. The third kappa shape index (κ3) is 3.39. The largest absolute Gasteiger partial charge is 0.320 e. The molecule has 6 heteroatoms. The summed E-state index contributed by atoms with van der Waals surface area (Å²) in [6.07, 6.45) is 1.67. The van der Waals surface area contributed by atoms with Gasteiger partial charge in [-0.15, -0.1) is 0 Å². The van der Waals surface area contributed by atoms with Crippen molar-refractivity contribution in [1.82, 2.24) is 4.98 Å². The third-order valence-corrected chi connectivity index (χ3v) is 6.12. The average molecular weight is 354 g/mol. The Labute approximate surface area is 146 Å². The van der Waals surface area contributed by atoms with Crippen LogP contribution in [-0.4, -0.2) is 24.6 Å². The Morgan fingerprint density at radius 2 is 1.68 bits per heavy atom. The highest BCUT2D eigenvalue weighted by molar-refractivity contribution is 7.92. The van der Waals surface area contributed by atoms with Gasteiger partial charge in [-0.3, -0.25) is 9.78 Å². The molecule has 0 bridgehead atoms. The number of rotatable bonds is 4. The number of benzene rings is 2. The second-order valence-electron chi connectivity index (χ2n) is 5.95. The summed E-state index contributed by atoms with van der Waals surface area (Å²) in [4.78, 5) is 17.0. The van der Waals surface area contributed by atoms with Gasteiger partial charge in [0.2, 0.25) is 0 Å². The summed E-state index contributed by atoms with van der Waals surface area (Å²) in [6.45, 7) is 3.26. The maximum absolute atomic E-state index is 12.5. The van der Waals surface area contributed by atoms with E-state index in [9.17, 15) is 13.2 Å². The van der Waals surface area contributed by atoms with Crippen LogP contribution in [0.25, 0.3) is 10.9 Å². The first kappa shape index (κ1) is 17.1. The number of hydrogen-bond acceptors (Lipinski definition) is 4. The van der Waals surface area contributed by atoms with Crippen molar-refractivity contribution in [2.45, 2.75) is 24.0 Å². The summed E-state index contributed by atoms with van der Waals surface area (Å²) in [5.74, 6) is -0.313. The van der Waals surface area contributed by atoms with Crippen molar-refractivity contribution in [2.24, 2.45) is 0 Å². The fourth-order valence-electron chi connectivity index (χ4n) is 2.47. The fourth-order valence-corrected chi connectivity index (χ4v) is 3.53. The lowest BCUT2D eigenvalue weighted by molar-refractivity contribution is 0.102. The van der Waals surface area contributed by atoms with Gasteiger partial charge in [-0.05, 0) is 50.2 Å². The number of nitrogens with one attached hydrogen (secondary N) is 1. The number of anilines is 1. The monoisotopic (exact) mass is 354 g/mol. The summed E-state index contributed by atoms with van der Waals surface area (Å²) in [7, 11) is -3.35. The molecule has 0 saturated carbocycles. The number of sulfone groups is 1. The molecule has 0 aliphatic heterocycles. The molecule has 0 spiro atoms. The summed E-state index contributed by atoms with van der Waals surface area (Å²) in [5.41, 5.74) is 1.70. The molecule has 2 aromatic carbocycles. The Morgan fingerprint density at radius 1 is 1.00 bits per heavy atom. The fraction of sp³-hybridized carbons (Fsp3) is 0.158. The molecule has 25 heavy (non-hydrogen) atoms. The van der Waals surface area contributed by atoms with Crippen LogP contribution in [0.5, 0.6) is 0 Å². The molecule has 0 unspecified atom stereocenters. The number of carbonyl (C=O) groups is 1. The van der Waals surface area contributed by atoms with Gasteiger partial charge in [0.15, 0.2) is 9.84 Å². The number of fused-ring (bicyclic) bond motifs is 1. The number of amides is 1. The number of hydrogen-bond donors (Lipinski definition) is 1. The molecule has 0 aliphatic carbocycles. The molecule has 1 N–H and O–H groups in total. The van der Waals surface area contributed by atoms with E-state index in [1.165, 1.54) is 24.3 Å². The van der Waals surface area contributed by atoms with Crippen LogP contribution in [0.15, 0.2) is 65.7 Å². The lowest BCUT2D eigenvalue weighted by Crippen LogP contribution is -2.15. The van der Waals surface area contributed by atoms with Crippen LogP contribution in [0, 0.1) is 0 Å². The molecule has 0 fully saturated rings. The van der Waals surface area contributed by atoms with Crippen LogP contribution in [0.1, 0.15) is 24.2 Å². The first-order valence-corrected chi connectivity index (χ1v) is 9.43. The topological polar surface area (TPSA) is 76.1 Å². The SMILES string of the molecule is CC(C)S(=O)(=O)c1ccc(C(=O)Nc2cccc3cccnc23)cc1. The highest BCUT2D eigenvalue weighted by Gasteiger charge is 2.19. The zero-order valence-electron chi connectivity index (χ0n) is 13.9. The van der Waals surface area contributed by atoms with Crippen LogP contribution in [-0.2, 0) is 9.84 Å². The van der Waals surface area contributed by atoms with Crippen molar-refractivity contribution < 1.29 is 13.2 Å². The Bertz CT molecular complexity index is 1020. The molecular formula is C19H18N2O3S. The summed E-state index contributed by atoms with van der Waals surface area (Å²) < 4.78 is 24.3. The highest BCUT2D eigenvalue weighted by Crippen LogP contribution is 2.22. The molecule has 1 heterocycles. The highest BCUT2D eigenvalue weighted by atomic mass is 32.2. The average Bonchev–Trinajstić information content (AvgIpc) is 2.62. The van der Waals surface area contributed by atoms with Gasteiger partial charge in [-0.25, -0.2) is 8.42 Å². The van der Waals surface area contributed by atoms with Crippen molar-refractivity contribution in [3.63, 3.8) is 0 Å². The van der Waals surface area contributed by atoms with Gasteiger partial charge in [0.1, 0.15) is 0 Å². The second kappa shape index (κ2) is 6.64. The van der Waals surface area contributed by atoms with E-state index in [0.29, 0.717) is 16.8 Å². The minimum Gasteiger partial charge on any atom is -0.320 e. The van der Waals surface area contributed by atoms with E-state index in [2.05, 4.69) is 10.3 Å². The van der Waals surface area contributed by atoms with Crippen LogP contribution in [0.2, 0.25) is 0 Å². The van der Waals surface area contributed by atoms with Crippen LogP contribution in [0.3, 0.4) is 0 Å². The van der Waals surface area contributed by atoms with Crippen molar-refractivity contribution >= 4 is 32.3 Å². The van der Waals surface area contributed by atoms with Gasteiger partial charge in [-0.2, -0.15) is 0 Å². The van der Waals surface area contributed by atoms with E-state index in [1.54, 1.807) is 26.1 Å². The molecule has 1 aromatic heterocycles. The molecule has 0 saturated heterocycles. The maximum atomic E-state index is 12.5. The Kier molecular flexibility index (Phi) is 4.55. The number of pyridine rings is 1. The first-order valence-electron chi connectivity index (χ1n) is 7.88. The molecule has 128 valence electrons. The Hall–Kier alpha value is -2.73. The smallest absolute Gasteiger partial charge is 0.255 e. The van der Waals surface area contributed by atoms with Crippen molar-refractivity contribution in [3.05, 3.63) is 66.4 Å². The maximum Gasteiger partial charge on any atom is 0.255 e. The second-order valence-corrected chi connectivity index (χ2v) is 8.46. The van der Waals surface area contributed by atoms with E-state index in [1.807, 2.05) is 24.3 Å². The Morgan fingerprint density at radius 3 is 2.36 bits per heavy atom. The zero-order chi connectivity index (χ0) is 18.0.